The van der Waals surface area contributed by atoms with Gasteiger partial charge in [-0.3, -0.25) is 4.79 Å². The van der Waals surface area contributed by atoms with Crippen molar-refractivity contribution in [3.8, 4) is 5.69 Å². The summed E-state index contributed by atoms with van der Waals surface area (Å²) in [5, 5.41) is 4.27. The SMILES string of the molecule is COC(=O)c1ccc(-n2c(C)cc(/C=N\NC(=O)C(c3ccccc3)c3ccccc3)c2C)cc1. The van der Waals surface area contributed by atoms with Crippen molar-refractivity contribution in [2.45, 2.75) is 19.8 Å². The zero-order valence-electron chi connectivity index (χ0n) is 19.9. The molecule has 1 aromatic heterocycles. The molecule has 4 aromatic rings. The minimum Gasteiger partial charge on any atom is -0.465 e. The van der Waals surface area contributed by atoms with E-state index in [-0.39, 0.29) is 11.9 Å². The van der Waals surface area contributed by atoms with Crippen LogP contribution in [0, 0.1) is 13.8 Å². The maximum Gasteiger partial charge on any atom is 0.337 e. The van der Waals surface area contributed by atoms with Gasteiger partial charge in [0.25, 0.3) is 5.91 Å². The quantitative estimate of drug-likeness (QED) is 0.233. The fourth-order valence-corrected chi connectivity index (χ4v) is 4.20. The van der Waals surface area contributed by atoms with Gasteiger partial charge < -0.3 is 9.30 Å². The molecule has 0 saturated carbocycles. The first kappa shape index (κ1) is 23.7. The number of benzene rings is 3. The highest BCUT2D eigenvalue weighted by atomic mass is 16.5. The molecule has 0 aliphatic heterocycles. The third-order valence-corrected chi connectivity index (χ3v) is 5.92. The largest absolute Gasteiger partial charge is 0.465 e. The van der Waals surface area contributed by atoms with Crippen LogP contribution in [-0.4, -0.2) is 29.8 Å². The molecule has 6 nitrogen and oxygen atoms in total. The second-order valence-corrected chi connectivity index (χ2v) is 8.19. The van der Waals surface area contributed by atoms with Crippen LogP contribution in [0.1, 0.15) is 44.4 Å². The molecule has 0 unspecified atom stereocenters. The van der Waals surface area contributed by atoms with Crippen LogP contribution >= 0.6 is 0 Å². The van der Waals surface area contributed by atoms with Gasteiger partial charge >= 0.3 is 5.97 Å². The van der Waals surface area contributed by atoms with E-state index in [1.165, 1.54) is 7.11 Å². The first-order valence-electron chi connectivity index (χ1n) is 11.3. The molecular formula is C29H27N3O3. The number of aryl methyl sites for hydroxylation is 1. The van der Waals surface area contributed by atoms with E-state index in [0.29, 0.717) is 5.56 Å². The molecule has 0 spiro atoms. The van der Waals surface area contributed by atoms with Gasteiger partial charge in [-0.05, 0) is 55.3 Å². The summed E-state index contributed by atoms with van der Waals surface area (Å²) in [6.45, 7) is 3.99. The van der Waals surface area contributed by atoms with Crippen LogP contribution in [0.25, 0.3) is 5.69 Å². The van der Waals surface area contributed by atoms with Gasteiger partial charge in [0.05, 0.1) is 24.8 Å². The first-order valence-corrected chi connectivity index (χ1v) is 11.3. The Morgan fingerprint density at radius 2 is 1.46 bits per heavy atom. The molecule has 0 aliphatic carbocycles. The van der Waals surface area contributed by atoms with Gasteiger partial charge in [0.1, 0.15) is 0 Å². The van der Waals surface area contributed by atoms with Crippen LogP contribution in [0.15, 0.2) is 96.1 Å². The number of nitrogens with one attached hydrogen (secondary N) is 1. The number of hydrazone groups is 1. The summed E-state index contributed by atoms with van der Waals surface area (Å²) >= 11 is 0. The number of rotatable bonds is 7. The van der Waals surface area contributed by atoms with Gasteiger partial charge in [0.2, 0.25) is 0 Å². The van der Waals surface area contributed by atoms with E-state index >= 15 is 0 Å². The molecule has 0 bridgehead atoms. The van der Waals surface area contributed by atoms with E-state index in [1.54, 1.807) is 18.3 Å². The number of esters is 1. The highest BCUT2D eigenvalue weighted by Gasteiger charge is 2.22. The lowest BCUT2D eigenvalue weighted by atomic mass is 9.91. The fourth-order valence-electron chi connectivity index (χ4n) is 4.20. The molecule has 0 radical (unpaired) electrons. The van der Waals surface area contributed by atoms with Crippen molar-refractivity contribution in [2.75, 3.05) is 7.11 Å². The van der Waals surface area contributed by atoms with E-state index in [4.69, 9.17) is 4.74 Å². The topological polar surface area (TPSA) is 72.7 Å². The van der Waals surface area contributed by atoms with Crippen LogP contribution in [0.5, 0.6) is 0 Å². The third-order valence-electron chi connectivity index (χ3n) is 5.92. The zero-order valence-corrected chi connectivity index (χ0v) is 19.9. The Kier molecular flexibility index (Phi) is 7.21. The number of carbonyl (C=O) groups is 2. The number of amides is 1. The second kappa shape index (κ2) is 10.7. The molecule has 0 aliphatic rings. The monoisotopic (exact) mass is 465 g/mol. The maximum absolute atomic E-state index is 13.2. The van der Waals surface area contributed by atoms with E-state index in [9.17, 15) is 9.59 Å². The minimum absolute atomic E-state index is 0.203. The molecule has 0 saturated heterocycles. The lowest BCUT2D eigenvalue weighted by molar-refractivity contribution is -0.121. The Labute approximate surface area is 204 Å². The average molecular weight is 466 g/mol. The number of methoxy groups -OCH3 is 1. The Morgan fingerprint density at radius 3 is 2.00 bits per heavy atom. The highest BCUT2D eigenvalue weighted by Crippen LogP contribution is 2.25. The summed E-state index contributed by atoms with van der Waals surface area (Å²) in [5.74, 6) is -1.04. The molecule has 176 valence electrons. The van der Waals surface area contributed by atoms with Gasteiger partial charge in [-0.25, -0.2) is 10.2 Å². The number of hydrogen-bond donors (Lipinski definition) is 1. The lowest BCUT2D eigenvalue weighted by Crippen LogP contribution is -2.26. The summed E-state index contributed by atoms with van der Waals surface area (Å²) in [6.07, 6.45) is 1.66. The van der Waals surface area contributed by atoms with Crippen LogP contribution in [0.3, 0.4) is 0 Å². The minimum atomic E-state index is -0.463. The summed E-state index contributed by atoms with van der Waals surface area (Å²) in [4.78, 5) is 24.9. The van der Waals surface area contributed by atoms with Crippen molar-refractivity contribution in [1.82, 2.24) is 9.99 Å². The summed E-state index contributed by atoms with van der Waals surface area (Å²) in [5.41, 5.74) is 8.80. The van der Waals surface area contributed by atoms with E-state index in [1.807, 2.05) is 92.7 Å². The number of hydrogen-bond acceptors (Lipinski definition) is 4. The predicted molar refractivity (Wildman–Crippen MR) is 137 cm³/mol. The molecule has 35 heavy (non-hydrogen) atoms. The molecule has 0 atom stereocenters. The Morgan fingerprint density at radius 1 is 0.886 bits per heavy atom. The smallest absolute Gasteiger partial charge is 0.337 e. The normalized spacial score (nSPS) is 11.1. The van der Waals surface area contributed by atoms with Gasteiger partial charge in [0.15, 0.2) is 0 Å². The zero-order chi connectivity index (χ0) is 24.8. The van der Waals surface area contributed by atoms with E-state index < -0.39 is 5.92 Å². The maximum atomic E-state index is 13.2. The number of carbonyl (C=O) groups excluding carboxylic acids is 2. The van der Waals surface area contributed by atoms with Gasteiger partial charge in [-0.1, -0.05) is 60.7 Å². The average Bonchev–Trinajstić information content (AvgIpc) is 3.17. The Balaban J connectivity index is 1.54. The van der Waals surface area contributed by atoms with Crippen LogP contribution in [-0.2, 0) is 9.53 Å². The van der Waals surface area contributed by atoms with Crippen LogP contribution in [0.4, 0.5) is 0 Å². The van der Waals surface area contributed by atoms with Gasteiger partial charge in [-0.2, -0.15) is 5.10 Å². The van der Waals surface area contributed by atoms with Gasteiger partial charge in [-0.15, -0.1) is 0 Å². The van der Waals surface area contributed by atoms with E-state index in [0.717, 1.165) is 33.8 Å². The molecule has 3 aromatic carbocycles. The predicted octanol–water partition coefficient (Wildman–Crippen LogP) is 5.16. The van der Waals surface area contributed by atoms with Crippen molar-refractivity contribution in [3.63, 3.8) is 0 Å². The molecule has 1 amide bonds. The molecule has 4 rings (SSSR count). The summed E-state index contributed by atoms with van der Waals surface area (Å²) in [7, 11) is 1.36. The van der Waals surface area contributed by atoms with Crippen molar-refractivity contribution < 1.29 is 14.3 Å². The molecule has 6 heteroatoms. The molecule has 1 N–H and O–H groups in total. The fraction of sp³-hybridized carbons (Fsp3) is 0.138. The van der Waals surface area contributed by atoms with Crippen molar-refractivity contribution >= 4 is 18.1 Å². The van der Waals surface area contributed by atoms with Crippen molar-refractivity contribution in [3.05, 3.63) is 125 Å². The highest BCUT2D eigenvalue weighted by molar-refractivity contribution is 5.90. The van der Waals surface area contributed by atoms with Crippen LogP contribution in [0.2, 0.25) is 0 Å². The standard InChI is InChI=1S/C29H27N3O3/c1-20-18-25(21(2)32(20)26-16-14-24(15-17-26)29(34)35-3)19-30-31-28(33)27(22-10-6-4-7-11-22)23-12-8-5-9-13-23/h4-19,27H,1-3H3,(H,31,33)/b30-19-. The lowest BCUT2D eigenvalue weighted by Gasteiger charge is -2.16. The molecule has 1 heterocycles. The molecule has 0 fully saturated rings. The van der Waals surface area contributed by atoms with Crippen molar-refractivity contribution in [2.24, 2.45) is 5.10 Å². The Bertz CT molecular complexity index is 1300. The van der Waals surface area contributed by atoms with Crippen molar-refractivity contribution in [1.29, 1.82) is 0 Å². The summed E-state index contributed by atoms with van der Waals surface area (Å²) in [6, 6.07) is 28.6. The van der Waals surface area contributed by atoms with Gasteiger partial charge in [0, 0.05) is 22.6 Å². The number of aromatic nitrogens is 1. The van der Waals surface area contributed by atoms with Crippen LogP contribution < -0.4 is 5.43 Å². The summed E-state index contributed by atoms with van der Waals surface area (Å²) < 4.78 is 6.84. The Hall–Kier alpha value is -4.45. The second-order valence-electron chi connectivity index (χ2n) is 8.19. The first-order chi connectivity index (χ1) is 17.0. The number of nitrogens with zero attached hydrogens (tertiary/aromatic N) is 2. The van der Waals surface area contributed by atoms with E-state index in [2.05, 4.69) is 15.1 Å². The third kappa shape index (κ3) is 5.22. The number of ether oxygens (including phenoxy) is 1. The molecular weight excluding hydrogens is 438 g/mol.